The van der Waals surface area contributed by atoms with E-state index in [9.17, 15) is 9.59 Å². The predicted octanol–water partition coefficient (Wildman–Crippen LogP) is 2.73. The van der Waals surface area contributed by atoms with Crippen LogP contribution in [-0.4, -0.2) is 24.6 Å². The number of hydrogen-bond acceptors (Lipinski definition) is 4. The highest BCUT2D eigenvalue weighted by Gasteiger charge is 2.34. The number of benzene rings is 2. The van der Waals surface area contributed by atoms with Crippen LogP contribution in [0.5, 0.6) is 5.75 Å². The molecule has 0 saturated carbocycles. The van der Waals surface area contributed by atoms with Crippen molar-refractivity contribution in [1.29, 1.82) is 0 Å². The van der Waals surface area contributed by atoms with Crippen LogP contribution in [-0.2, 0) is 9.59 Å². The molecular weight excluding hydrogens is 386 g/mol. The number of anilines is 1. The highest BCUT2D eigenvalue weighted by atomic mass is 79.9. The van der Waals surface area contributed by atoms with Crippen molar-refractivity contribution in [3.05, 3.63) is 64.1 Å². The van der Waals surface area contributed by atoms with Crippen LogP contribution in [0.3, 0.4) is 0 Å². The number of ether oxygens (including phenoxy) is 1. The molecule has 0 unspecified atom stereocenters. The van der Waals surface area contributed by atoms with Crippen molar-refractivity contribution in [2.24, 2.45) is 10.8 Å². The van der Waals surface area contributed by atoms with E-state index in [2.05, 4.69) is 21.0 Å². The molecule has 1 aliphatic rings. The van der Waals surface area contributed by atoms with Gasteiger partial charge in [0.05, 0.1) is 22.8 Å². The summed E-state index contributed by atoms with van der Waals surface area (Å²) in [6.45, 7) is 0. The van der Waals surface area contributed by atoms with Gasteiger partial charge in [0.15, 0.2) is 5.71 Å². The lowest BCUT2D eigenvalue weighted by Gasteiger charge is -2.11. The van der Waals surface area contributed by atoms with E-state index in [-0.39, 0.29) is 11.3 Å². The lowest BCUT2D eigenvalue weighted by atomic mass is 10.1. The molecule has 0 atom stereocenters. The SMILES string of the molecule is COc1ccc(/C=C2\C(=O)N(c3ccccc3)N=C2C(N)=O)cc1Br. The molecule has 2 amide bonds. The minimum absolute atomic E-state index is 0.0687. The molecule has 2 aromatic rings. The van der Waals surface area contributed by atoms with Crippen molar-refractivity contribution in [3.8, 4) is 5.75 Å². The van der Waals surface area contributed by atoms with Gasteiger partial charge in [0.2, 0.25) is 0 Å². The van der Waals surface area contributed by atoms with Crippen molar-refractivity contribution >= 4 is 45.2 Å². The van der Waals surface area contributed by atoms with Gasteiger partial charge < -0.3 is 10.5 Å². The lowest BCUT2D eigenvalue weighted by molar-refractivity contribution is -0.115. The standard InChI is InChI=1S/C18H14BrN3O3/c1-25-15-8-7-11(10-14(15)19)9-13-16(17(20)23)21-22(18(13)24)12-5-3-2-4-6-12/h2-10H,1H3,(H2,20,23)/b13-9-. The van der Waals surface area contributed by atoms with E-state index >= 15 is 0 Å². The van der Waals surface area contributed by atoms with Crippen LogP contribution in [0, 0.1) is 0 Å². The summed E-state index contributed by atoms with van der Waals surface area (Å²) in [6.07, 6.45) is 1.58. The number of amides is 2. The second kappa shape index (κ2) is 6.90. The monoisotopic (exact) mass is 399 g/mol. The Morgan fingerprint density at radius 3 is 2.56 bits per heavy atom. The van der Waals surface area contributed by atoms with Crippen LogP contribution in [0.4, 0.5) is 5.69 Å². The molecule has 0 fully saturated rings. The number of para-hydroxylation sites is 1. The van der Waals surface area contributed by atoms with Gasteiger partial charge in [-0.1, -0.05) is 24.3 Å². The summed E-state index contributed by atoms with van der Waals surface area (Å²) in [6, 6.07) is 14.2. The summed E-state index contributed by atoms with van der Waals surface area (Å²) in [5.41, 5.74) is 6.75. The fraction of sp³-hybridized carbons (Fsp3) is 0.0556. The van der Waals surface area contributed by atoms with Gasteiger partial charge in [-0.3, -0.25) is 9.59 Å². The normalized spacial score (nSPS) is 15.4. The fourth-order valence-electron chi connectivity index (χ4n) is 2.41. The summed E-state index contributed by atoms with van der Waals surface area (Å²) in [7, 11) is 1.56. The van der Waals surface area contributed by atoms with Crippen molar-refractivity contribution in [3.63, 3.8) is 0 Å². The van der Waals surface area contributed by atoms with Gasteiger partial charge in [-0.25, -0.2) is 0 Å². The second-order valence-electron chi connectivity index (χ2n) is 5.22. The zero-order chi connectivity index (χ0) is 18.0. The van der Waals surface area contributed by atoms with E-state index in [1.807, 2.05) is 6.07 Å². The number of carbonyl (C=O) groups is 2. The Morgan fingerprint density at radius 2 is 1.96 bits per heavy atom. The Morgan fingerprint density at radius 1 is 1.24 bits per heavy atom. The number of nitrogens with two attached hydrogens (primary N) is 1. The van der Waals surface area contributed by atoms with Gasteiger partial charge in [-0.05, 0) is 51.8 Å². The van der Waals surface area contributed by atoms with E-state index in [1.165, 1.54) is 5.01 Å². The minimum atomic E-state index is -0.759. The van der Waals surface area contributed by atoms with Crippen LogP contribution >= 0.6 is 15.9 Å². The molecule has 0 radical (unpaired) electrons. The van der Waals surface area contributed by atoms with Gasteiger partial charge in [0.1, 0.15) is 5.75 Å². The number of hydrazone groups is 1. The molecule has 6 nitrogen and oxygen atoms in total. The molecule has 1 aliphatic heterocycles. The lowest BCUT2D eigenvalue weighted by Crippen LogP contribution is -2.25. The van der Waals surface area contributed by atoms with Crippen molar-refractivity contribution in [2.75, 3.05) is 12.1 Å². The molecular formula is C18H14BrN3O3. The largest absolute Gasteiger partial charge is 0.496 e. The van der Waals surface area contributed by atoms with E-state index in [1.54, 1.807) is 55.7 Å². The first kappa shape index (κ1) is 16.9. The molecule has 25 heavy (non-hydrogen) atoms. The molecule has 7 heteroatoms. The predicted molar refractivity (Wildman–Crippen MR) is 99.2 cm³/mol. The van der Waals surface area contributed by atoms with Gasteiger partial charge in [-0.15, -0.1) is 0 Å². The zero-order valence-corrected chi connectivity index (χ0v) is 14.9. The number of carbonyl (C=O) groups excluding carboxylic acids is 2. The average Bonchev–Trinajstić information content (AvgIpc) is 2.93. The topological polar surface area (TPSA) is 85.0 Å². The molecule has 2 aromatic carbocycles. The van der Waals surface area contributed by atoms with Gasteiger partial charge in [0.25, 0.3) is 11.8 Å². The first-order valence-corrected chi connectivity index (χ1v) is 8.14. The molecule has 0 bridgehead atoms. The first-order valence-electron chi connectivity index (χ1n) is 7.35. The maximum absolute atomic E-state index is 12.7. The van der Waals surface area contributed by atoms with Crippen molar-refractivity contribution in [1.82, 2.24) is 0 Å². The summed E-state index contributed by atoms with van der Waals surface area (Å²) in [5.74, 6) is -0.507. The molecule has 0 aliphatic carbocycles. The summed E-state index contributed by atoms with van der Waals surface area (Å²) in [5, 5.41) is 5.26. The number of hydrogen-bond donors (Lipinski definition) is 1. The van der Waals surface area contributed by atoms with Gasteiger partial charge in [0, 0.05) is 0 Å². The quantitative estimate of drug-likeness (QED) is 0.801. The van der Waals surface area contributed by atoms with Crippen LogP contribution in [0.15, 0.2) is 63.7 Å². The Labute approximate surface area is 152 Å². The number of primary amides is 1. The van der Waals surface area contributed by atoms with Gasteiger partial charge in [-0.2, -0.15) is 10.1 Å². The summed E-state index contributed by atoms with van der Waals surface area (Å²) >= 11 is 3.39. The van der Waals surface area contributed by atoms with E-state index in [0.717, 1.165) is 4.47 Å². The second-order valence-corrected chi connectivity index (χ2v) is 6.07. The first-order chi connectivity index (χ1) is 12.0. The molecule has 3 rings (SSSR count). The highest BCUT2D eigenvalue weighted by Crippen LogP contribution is 2.28. The third-order valence-corrected chi connectivity index (χ3v) is 4.22. The Hall–Kier alpha value is -2.93. The Balaban J connectivity index is 2.03. The summed E-state index contributed by atoms with van der Waals surface area (Å²) in [4.78, 5) is 24.5. The van der Waals surface area contributed by atoms with Crippen LogP contribution in [0.1, 0.15) is 5.56 Å². The average molecular weight is 400 g/mol. The van der Waals surface area contributed by atoms with Crippen LogP contribution in [0.25, 0.3) is 6.08 Å². The molecule has 1 heterocycles. The maximum Gasteiger partial charge on any atom is 0.281 e. The minimum Gasteiger partial charge on any atom is -0.496 e. The molecule has 0 saturated heterocycles. The maximum atomic E-state index is 12.7. The molecule has 0 spiro atoms. The third kappa shape index (κ3) is 3.32. The van der Waals surface area contributed by atoms with E-state index in [4.69, 9.17) is 10.5 Å². The van der Waals surface area contributed by atoms with Crippen LogP contribution in [0.2, 0.25) is 0 Å². The van der Waals surface area contributed by atoms with Crippen LogP contribution < -0.4 is 15.5 Å². The van der Waals surface area contributed by atoms with E-state index in [0.29, 0.717) is 17.0 Å². The van der Waals surface area contributed by atoms with E-state index < -0.39 is 11.8 Å². The smallest absolute Gasteiger partial charge is 0.281 e. The zero-order valence-electron chi connectivity index (χ0n) is 13.3. The Kier molecular flexibility index (Phi) is 4.67. The fourth-order valence-corrected chi connectivity index (χ4v) is 2.97. The molecule has 2 N–H and O–H groups in total. The third-order valence-electron chi connectivity index (χ3n) is 3.60. The number of rotatable bonds is 4. The molecule has 126 valence electrons. The highest BCUT2D eigenvalue weighted by molar-refractivity contribution is 9.10. The molecule has 0 aromatic heterocycles. The van der Waals surface area contributed by atoms with Gasteiger partial charge >= 0.3 is 0 Å². The summed E-state index contributed by atoms with van der Waals surface area (Å²) < 4.78 is 5.91. The number of halogens is 1. The number of nitrogens with zero attached hydrogens (tertiary/aromatic N) is 2. The van der Waals surface area contributed by atoms with Crippen molar-refractivity contribution < 1.29 is 14.3 Å². The van der Waals surface area contributed by atoms with Crippen molar-refractivity contribution in [2.45, 2.75) is 0 Å². The Bertz CT molecular complexity index is 907. The number of methoxy groups -OCH3 is 1.